The molecule has 1 saturated carbocycles. The lowest BCUT2D eigenvalue weighted by Gasteiger charge is -2.31. The monoisotopic (exact) mass is 453 g/mol. The standard InChI is InChI=1S/C29H41N3O.3H2/c1-6-10-24(17-22-11-7-8-14-26(22)20(2)3)29(33)32-25-13-9-12-23(18-25)28-27(19-30-5)21(4)15-16-31-28;;;/h7-8,11,14-16,19-20,23-25H,6,9-10,12-13,17-18H2,1-5H3,(H,32,33);3*1H/t23?,24-,25+;;;/m0.../s1. The highest BCUT2D eigenvalue weighted by Crippen LogP contribution is 2.34. The van der Waals surface area contributed by atoms with Crippen LogP contribution in [0.3, 0.4) is 0 Å². The number of aromatic nitrogens is 1. The summed E-state index contributed by atoms with van der Waals surface area (Å²) in [5.41, 5.74) is 6.17. The Morgan fingerprint density at radius 3 is 2.79 bits per heavy atom. The number of hydrogen-bond donors (Lipinski definition) is 1. The second-order valence-electron chi connectivity index (χ2n) is 9.93. The topological polar surface area (TPSA) is 54.4 Å². The Morgan fingerprint density at radius 1 is 1.27 bits per heavy atom. The van der Waals surface area contributed by atoms with Crippen molar-refractivity contribution in [1.82, 2.24) is 10.3 Å². The van der Waals surface area contributed by atoms with Crippen LogP contribution >= 0.6 is 0 Å². The first-order chi connectivity index (χ1) is 15.9. The van der Waals surface area contributed by atoms with Gasteiger partial charge in [0.2, 0.25) is 5.91 Å². The number of amides is 1. The van der Waals surface area contributed by atoms with Gasteiger partial charge in [-0.25, -0.2) is 0 Å². The fourth-order valence-corrected chi connectivity index (χ4v) is 5.32. The highest BCUT2D eigenvalue weighted by atomic mass is 16.1. The molecule has 3 rings (SSSR count). The fourth-order valence-electron chi connectivity index (χ4n) is 5.32. The summed E-state index contributed by atoms with van der Waals surface area (Å²) in [5, 5.41) is 3.44. The summed E-state index contributed by atoms with van der Waals surface area (Å²) in [6, 6.07) is 10.9. The summed E-state index contributed by atoms with van der Waals surface area (Å²) >= 11 is 0. The van der Waals surface area contributed by atoms with Crippen molar-refractivity contribution in [1.29, 1.82) is 0 Å². The van der Waals surface area contributed by atoms with Crippen LogP contribution in [0.4, 0.5) is 0 Å². The third kappa shape index (κ3) is 6.52. The predicted molar refractivity (Wildman–Crippen MR) is 145 cm³/mol. The minimum absolute atomic E-state index is 0. The van der Waals surface area contributed by atoms with Crippen LogP contribution in [-0.2, 0) is 11.2 Å². The second-order valence-corrected chi connectivity index (χ2v) is 9.93. The molecule has 0 saturated heterocycles. The maximum atomic E-state index is 13.4. The van der Waals surface area contributed by atoms with Crippen LogP contribution in [0.25, 0.3) is 0 Å². The summed E-state index contributed by atoms with van der Waals surface area (Å²) < 4.78 is 0. The van der Waals surface area contributed by atoms with Gasteiger partial charge in [-0.15, -0.1) is 0 Å². The molecule has 1 aromatic heterocycles. The maximum absolute atomic E-state index is 13.4. The SMILES string of the molecule is CCC[C@@H](Cc1ccccc1C(C)C)C(=O)N[C@@H]1CCCC(c2nccc(C)c2C=NC)C1.[HH].[HH].[HH]. The minimum atomic E-state index is 0. The first kappa shape index (κ1) is 25.1. The van der Waals surface area contributed by atoms with Crippen LogP contribution < -0.4 is 5.32 Å². The molecule has 184 valence electrons. The first-order valence-electron chi connectivity index (χ1n) is 12.7. The van der Waals surface area contributed by atoms with Gasteiger partial charge >= 0.3 is 0 Å². The van der Waals surface area contributed by atoms with Crippen molar-refractivity contribution in [2.75, 3.05) is 7.05 Å². The molecule has 1 aliphatic rings. The lowest BCUT2D eigenvalue weighted by Crippen LogP contribution is -2.42. The number of nitrogens with one attached hydrogen (secondary N) is 1. The van der Waals surface area contributed by atoms with Crippen LogP contribution in [0.15, 0.2) is 41.5 Å². The number of pyridine rings is 1. The van der Waals surface area contributed by atoms with E-state index in [0.29, 0.717) is 11.8 Å². The van der Waals surface area contributed by atoms with E-state index in [2.05, 4.69) is 62.3 Å². The van der Waals surface area contributed by atoms with Crippen molar-refractivity contribution in [3.8, 4) is 0 Å². The fraction of sp³-hybridized carbons (Fsp3) is 0.552. The van der Waals surface area contributed by atoms with Crippen LogP contribution in [0.1, 0.15) is 103 Å². The molecule has 33 heavy (non-hydrogen) atoms. The first-order valence-corrected chi connectivity index (χ1v) is 12.7. The molecule has 4 nitrogen and oxygen atoms in total. The summed E-state index contributed by atoms with van der Waals surface area (Å²) in [4.78, 5) is 22.4. The van der Waals surface area contributed by atoms with Gasteiger partial charge in [0.25, 0.3) is 0 Å². The van der Waals surface area contributed by atoms with Crippen molar-refractivity contribution < 1.29 is 9.07 Å². The Bertz CT molecular complexity index is 965. The molecule has 1 heterocycles. The van der Waals surface area contributed by atoms with E-state index in [9.17, 15) is 4.79 Å². The minimum Gasteiger partial charge on any atom is -0.353 e. The van der Waals surface area contributed by atoms with Gasteiger partial charge in [0.05, 0.1) is 5.69 Å². The number of aryl methyl sites for hydroxylation is 1. The molecule has 3 atom stereocenters. The van der Waals surface area contributed by atoms with Crippen molar-refractivity contribution in [2.24, 2.45) is 10.9 Å². The van der Waals surface area contributed by atoms with Gasteiger partial charge in [-0.2, -0.15) is 0 Å². The van der Waals surface area contributed by atoms with Crippen molar-refractivity contribution in [3.05, 3.63) is 64.5 Å². The third-order valence-electron chi connectivity index (χ3n) is 7.06. The van der Waals surface area contributed by atoms with Crippen LogP contribution in [0.2, 0.25) is 0 Å². The largest absolute Gasteiger partial charge is 0.353 e. The number of rotatable bonds is 9. The Kier molecular flexibility index (Phi) is 9.22. The average molecular weight is 454 g/mol. The molecule has 1 amide bonds. The van der Waals surface area contributed by atoms with Gasteiger partial charge in [0.1, 0.15) is 0 Å². The number of nitrogens with zero attached hydrogens (tertiary/aromatic N) is 2. The summed E-state index contributed by atoms with van der Waals surface area (Å²) in [5.74, 6) is 1.07. The van der Waals surface area contributed by atoms with Crippen LogP contribution in [-0.4, -0.2) is 30.2 Å². The number of aliphatic imine (C=N–C) groups is 1. The number of hydrogen-bond acceptors (Lipinski definition) is 3. The molecule has 1 fully saturated rings. The summed E-state index contributed by atoms with van der Waals surface area (Å²) in [6.45, 7) is 8.75. The van der Waals surface area contributed by atoms with Crippen molar-refractivity contribution in [3.63, 3.8) is 0 Å². The molecular formula is C29H47N3O. The van der Waals surface area contributed by atoms with E-state index in [1.54, 1.807) is 0 Å². The predicted octanol–water partition coefficient (Wildman–Crippen LogP) is 7.10. The highest BCUT2D eigenvalue weighted by Gasteiger charge is 2.29. The molecule has 0 radical (unpaired) electrons. The van der Waals surface area contributed by atoms with E-state index in [1.807, 2.05) is 25.5 Å². The zero-order valence-corrected chi connectivity index (χ0v) is 21.1. The Labute approximate surface area is 204 Å². The summed E-state index contributed by atoms with van der Waals surface area (Å²) in [7, 11) is 1.81. The van der Waals surface area contributed by atoms with Gasteiger partial charge in [0, 0.05) is 47.2 Å². The lowest BCUT2D eigenvalue weighted by atomic mass is 9.81. The molecule has 1 aromatic carbocycles. The van der Waals surface area contributed by atoms with Gasteiger partial charge in [-0.1, -0.05) is 57.9 Å². The molecule has 0 spiro atoms. The maximum Gasteiger partial charge on any atom is 0.223 e. The van der Waals surface area contributed by atoms with E-state index in [4.69, 9.17) is 4.98 Å². The van der Waals surface area contributed by atoms with Crippen LogP contribution in [0.5, 0.6) is 0 Å². The van der Waals surface area contributed by atoms with E-state index < -0.39 is 0 Å². The molecule has 0 bridgehead atoms. The van der Waals surface area contributed by atoms with Crippen molar-refractivity contribution >= 4 is 12.1 Å². The quantitative estimate of drug-likeness (QED) is 0.412. The van der Waals surface area contributed by atoms with Crippen LogP contribution in [0, 0.1) is 12.8 Å². The number of carbonyl (C=O) groups is 1. The normalized spacial score (nSPS) is 19.7. The number of carbonyl (C=O) groups excluding carboxylic acids is 1. The second kappa shape index (κ2) is 12.1. The zero-order chi connectivity index (χ0) is 23.8. The van der Waals surface area contributed by atoms with E-state index in [-0.39, 0.29) is 22.1 Å². The zero-order valence-electron chi connectivity index (χ0n) is 21.1. The molecule has 1 aliphatic carbocycles. The van der Waals surface area contributed by atoms with E-state index in [0.717, 1.165) is 56.2 Å². The molecule has 1 unspecified atom stereocenters. The summed E-state index contributed by atoms with van der Waals surface area (Å²) in [6.07, 6.45) is 10.8. The van der Waals surface area contributed by atoms with Gasteiger partial charge in [0.15, 0.2) is 0 Å². The van der Waals surface area contributed by atoms with Gasteiger partial charge in [-0.05, 0) is 67.7 Å². The lowest BCUT2D eigenvalue weighted by molar-refractivity contribution is -0.126. The molecule has 0 aliphatic heterocycles. The highest BCUT2D eigenvalue weighted by molar-refractivity contribution is 5.83. The van der Waals surface area contributed by atoms with E-state index >= 15 is 0 Å². The smallest absolute Gasteiger partial charge is 0.223 e. The van der Waals surface area contributed by atoms with Gasteiger partial charge < -0.3 is 5.32 Å². The van der Waals surface area contributed by atoms with Crippen molar-refractivity contribution in [2.45, 2.75) is 90.5 Å². The Morgan fingerprint density at radius 2 is 2.06 bits per heavy atom. The van der Waals surface area contributed by atoms with Gasteiger partial charge in [-0.3, -0.25) is 14.8 Å². The molecule has 4 heteroatoms. The third-order valence-corrected chi connectivity index (χ3v) is 7.06. The molecule has 1 N–H and O–H groups in total. The molecule has 2 aromatic rings. The Balaban J connectivity index is 0.00000408. The average Bonchev–Trinajstić information content (AvgIpc) is 2.80. The Hall–Kier alpha value is -2.49. The van der Waals surface area contributed by atoms with E-state index in [1.165, 1.54) is 16.7 Å². The molecular weight excluding hydrogens is 406 g/mol. The number of benzene rings is 1.